The van der Waals surface area contributed by atoms with Crippen LogP contribution in [0.15, 0.2) is 0 Å². The summed E-state index contributed by atoms with van der Waals surface area (Å²) in [5, 5.41) is 0. The topological polar surface area (TPSA) is 0 Å². The van der Waals surface area contributed by atoms with E-state index in [4.69, 9.17) is 11.6 Å². The van der Waals surface area contributed by atoms with Crippen LogP contribution in [0.2, 0.25) is 0 Å². The Labute approximate surface area is 44.5 Å². The number of halogens is 1. The first-order valence-electron chi connectivity index (χ1n) is 2.10. The van der Waals surface area contributed by atoms with Crippen LogP contribution < -0.4 is 0 Å². The standard InChI is InChI=1S/C5H10Cl/c1-4-5(2,3)6/h2,4H2,1,3H3. The van der Waals surface area contributed by atoms with Crippen molar-refractivity contribution in [1.29, 1.82) is 0 Å². The Morgan fingerprint density at radius 1 is 1.83 bits per heavy atom. The Balaban J connectivity index is 3.17. The summed E-state index contributed by atoms with van der Waals surface area (Å²) in [5.41, 5.74) is 0. The van der Waals surface area contributed by atoms with Crippen molar-refractivity contribution in [2.45, 2.75) is 25.1 Å². The zero-order valence-electron chi connectivity index (χ0n) is 4.29. The lowest BCUT2D eigenvalue weighted by atomic mass is 10.1. The molecule has 1 heteroatoms. The second-order valence-corrected chi connectivity index (χ2v) is 2.68. The highest BCUT2D eigenvalue weighted by atomic mass is 35.5. The molecule has 0 saturated carbocycles. The highest BCUT2D eigenvalue weighted by Crippen LogP contribution is 2.14. The number of rotatable bonds is 1. The molecule has 0 aliphatic carbocycles. The Hall–Kier alpha value is 0.290. The maximum Gasteiger partial charge on any atom is 0.0416 e. The van der Waals surface area contributed by atoms with Crippen LogP contribution in [0.5, 0.6) is 0 Å². The molecule has 0 heterocycles. The number of hydrogen-bond donors (Lipinski definition) is 0. The third-order valence-corrected chi connectivity index (χ3v) is 1.00. The molecule has 0 spiro atoms. The molecular formula is C5H10Cl. The summed E-state index contributed by atoms with van der Waals surface area (Å²) >= 11 is 5.61. The van der Waals surface area contributed by atoms with E-state index in [1.165, 1.54) is 0 Å². The molecule has 0 rings (SSSR count). The van der Waals surface area contributed by atoms with E-state index >= 15 is 0 Å². The van der Waals surface area contributed by atoms with Gasteiger partial charge in [0.2, 0.25) is 0 Å². The van der Waals surface area contributed by atoms with Crippen LogP contribution in [-0.4, -0.2) is 4.87 Å². The van der Waals surface area contributed by atoms with Crippen LogP contribution in [-0.2, 0) is 0 Å². The summed E-state index contributed by atoms with van der Waals surface area (Å²) in [7, 11) is 0. The molecule has 37 valence electrons. The number of alkyl halides is 1. The maximum atomic E-state index is 5.61. The smallest absolute Gasteiger partial charge is 0.0416 e. The van der Waals surface area contributed by atoms with E-state index in [1.54, 1.807) is 0 Å². The van der Waals surface area contributed by atoms with Crippen LogP contribution in [0, 0.1) is 6.92 Å². The van der Waals surface area contributed by atoms with Crippen molar-refractivity contribution in [1.82, 2.24) is 0 Å². The first-order valence-corrected chi connectivity index (χ1v) is 2.48. The van der Waals surface area contributed by atoms with Crippen LogP contribution in [0.4, 0.5) is 0 Å². The molecule has 0 saturated heterocycles. The minimum absolute atomic E-state index is 0.236. The molecule has 0 aromatic heterocycles. The normalized spacial score (nSPS) is 12.0. The molecule has 1 unspecified atom stereocenters. The monoisotopic (exact) mass is 105 g/mol. The van der Waals surface area contributed by atoms with Gasteiger partial charge in [0.1, 0.15) is 0 Å². The van der Waals surface area contributed by atoms with Crippen LogP contribution in [0.3, 0.4) is 0 Å². The highest BCUT2D eigenvalue weighted by molar-refractivity contribution is 6.24. The molecular weight excluding hydrogens is 95.5 g/mol. The first kappa shape index (κ1) is 6.29. The molecule has 0 aliphatic heterocycles. The first-order chi connectivity index (χ1) is 2.56. The molecule has 1 radical (unpaired) electrons. The van der Waals surface area contributed by atoms with E-state index in [0.717, 1.165) is 6.42 Å². The van der Waals surface area contributed by atoms with Gasteiger partial charge in [0.25, 0.3) is 0 Å². The summed E-state index contributed by atoms with van der Waals surface area (Å²) in [6.07, 6.45) is 0.925. The second-order valence-electron chi connectivity index (χ2n) is 1.77. The van der Waals surface area contributed by atoms with Crippen LogP contribution in [0.1, 0.15) is 20.3 Å². The lowest BCUT2D eigenvalue weighted by Gasteiger charge is -2.09. The van der Waals surface area contributed by atoms with Crippen LogP contribution >= 0.6 is 11.6 Å². The van der Waals surface area contributed by atoms with Crippen molar-refractivity contribution >= 4 is 11.6 Å². The van der Waals surface area contributed by atoms with Gasteiger partial charge in [0, 0.05) is 4.87 Å². The van der Waals surface area contributed by atoms with E-state index in [-0.39, 0.29) is 4.87 Å². The van der Waals surface area contributed by atoms with E-state index in [9.17, 15) is 0 Å². The van der Waals surface area contributed by atoms with Gasteiger partial charge in [-0.15, -0.1) is 11.6 Å². The minimum atomic E-state index is -0.236. The Morgan fingerprint density at radius 3 is 2.00 bits per heavy atom. The molecule has 0 bridgehead atoms. The lowest BCUT2D eigenvalue weighted by Crippen LogP contribution is -2.06. The average Bonchev–Trinajstić information content (AvgIpc) is 1.35. The Morgan fingerprint density at radius 2 is 2.00 bits per heavy atom. The van der Waals surface area contributed by atoms with Crippen molar-refractivity contribution < 1.29 is 0 Å². The average molecular weight is 106 g/mol. The molecule has 0 nitrogen and oxygen atoms in total. The third-order valence-electron chi connectivity index (χ3n) is 0.737. The Bertz CT molecular complexity index is 33.7. The van der Waals surface area contributed by atoms with Gasteiger partial charge < -0.3 is 0 Å². The van der Waals surface area contributed by atoms with Gasteiger partial charge in [0.05, 0.1) is 0 Å². The molecule has 6 heavy (non-hydrogen) atoms. The van der Waals surface area contributed by atoms with Crippen molar-refractivity contribution in [3.63, 3.8) is 0 Å². The zero-order valence-corrected chi connectivity index (χ0v) is 5.05. The number of hydrogen-bond acceptors (Lipinski definition) is 0. The van der Waals surface area contributed by atoms with Gasteiger partial charge in [-0.1, -0.05) is 6.92 Å². The van der Waals surface area contributed by atoms with Crippen molar-refractivity contribution in [2.75, 3.05) is 0 Å². The Kier molecular flexibility index (Phi) is 1.92. The maximum absolute atomic E-state index is 5.61. The fourth-order valence-electron chi connectivity index (χ4n) is 0. The third kappa shape index (κ3) is 4.29. The second kappa shape index (κ2) is 1.83. The molecule has 0 aromatic rings. The van der Waals surface area contributed by atoms with E-state index in [2.05, 4.69) is 6.92 Å². The van der Waals surface area contributed by atoms with Gasteiger partial charge in [0.15, 0.2) is 0 Å². The van der Waals surface area contributed by atoms with Crippen molar-refractivity contribution in [3.05, 3.63) is 6.92 Å². The van der Waals surface area contributed by atoms with E-state index in [1.807, 2.05) is 13.8 Å². The molecule has 0 fully saturated rings. The van der Waals surface area contributed by atoms with E-state index in [0.29, 0.717) is 0 Å². The zero-order chi connectivity index (χ0) is 5.21. The van der Waals surface area contributed by atoms with Crippen LogP contribution in [0.25, 0.3) is 0 Å². The van der Waals surface area contributed by atoms with Gasteiger partial charge in [-0.25, -0.2) is 0 Å². The van der Waals surface area contributed by atoms with Gasteiger partial charge in [-0.2, -0.15) is 0 Å². The summed E-state index contributed by atoms with van der Waals surface area (Å²) in [6.45, 7) is 7.57. The molecule has 1 atom stereocenters. The SMILES string of the molecule is [CH2]C(C)(Cl)CC. The largest absolute Gasteiger partial charge is 0.120 e. The minimum Gasteiger partial charge on any atom is -0.120 e. The summed E-state index contributed by atoms with van der Waals surface area (Å²) in [5.74, 6) is 0. The quantitative estimate of drug-likeness (QED) is 0.449. The van der Waals surface area contributed by atoms with Gasteiger partial charge in [-0.05, 0) is 20.3 Å². The molecule has 0 aromatic carbocycles. The molecule has 0 amide bonds. The van der Waals surface area contributed by atoms with Crippen molar-refractivity contribution in [2.24, 2.45) is 0 Å². The summed E-state index contributed by atoms with van der Waals surface area (Å²) in [6, 6.07) is 0. The fraction of sp³-hybridized carbons (Fsp3) is 0.800. The highest BCUT2D eigenvalue weighted by Gasteiger charge is 2.07. The van der Waals surface area contributed by atoms with E-state index < -0.39 is 0 Å². The fourth-order valence-corrected chi connectivity index (χ4v) is 0. The van der Waals surface area contributed by atoms with Crippen molar-refractivity contribution in [3.8, 4) is 0 Å². The van der Waals surface area contributed by atoms with Gasteiger partial charge in [-0.3, -0.25) is 0 Å². The molecule has 0 aliphatic rings. The predicted octanol–water partition coefficient (Wildman–Crippen LogP) is 2.23. The summed E-state index contributed by atoms with van der Waals surface area (Å²) < 4.78 is 0. The molecule has 0 N–H and O–H groups in total. The summed E-state index contributed by atoms with van der Waals surface area (Å²) in [4.78, 5) is -0.236. The predicted molar refractivity (Wildman–Crippen MR) is 29.9 cm³/mol. The van der Waals surface area contributed by atoms with Gasteiger partial charge >= 0.3 is 0 Å². The lowest BCUT2D eigenvalue weighted by molar-refractivity contribution is 0.738.